The number of sulfonamides is 1. The number of amides is 1. The Kier molecular flexibility index (Phi) is 5.00. The lowest BCUT2D eigenvalue weighted by Crippen LogP contribution is -2.41. The van der Waals surface area contributed by atoms with E-state index in [1.807, 2.05) is 0 Å². The average Bonchev–Trinajstić information content (AvgIpc) is 2.58. The molecule has 1 aliphatic rings. The van der Waals surface area contributed by atoms with Gasteiger partial charge in [-0.25, -0.2) is 12.8 Å². The molecule has 1 aliphatic heterocycles. The van der Waals surface area contributed by atoms with E-state index in [1.54, 1.807) is 29.2 Å². The van der Waals surface area contributed by atoms with Gasteiger partial charge < -0.3 is 9.64 Å². The number of nitrogens with zero attached hydrogens (tertiary/aromatic N) is 1. The number of anilines is 2. The summed E-state index contributed by atoms with van der Waals surface area (Å²) in [5, 5.41) is 0. The highest BCUT2D eigenvalue weighted by molar-refractivity contribution is 7.91. The van der Waals surface area contributed by atoms with Gasteiger partial charge in [0, 0.05) is 17.9 Å². The largest absolute Gasteiger partial charge is 0.370 e. The summed E-state index contributed by atoms with van der Waals surface area (Å²) in [6.45, 7) is 0.984. The van der Waals surface area contributed by atoms with Crippen molar-refractivity contribution in [2.75, 3.05) is 29.4 Å². The molecule has 1 N–H and O–H groups in total. The van der Waals surface area contributed by atoms with Crippen LogP contribution in [0.3, 0.4) is 0 Å². The van der Waals surface area contributed by atoms with E-state index in [9.17, 15) is 17.6 Å². The van der Waals surface area contributed by atoms with Gasteiger partial charge in [0.25, 0.3) is 5.91 Å². The monoisotopic (exact) mass is 364 g/mol. The minimum absolute atomic E-state index is 0.0477. The summed E-state index contributed by atoms with van der Waals surface area (Å²) in [7, 11) is -3.62. The SMILES string of the molecule is O=C1COCCN1c1ccc(NS(=O)(=O)Cc2ccc(F)cc2)cc1. The summed E-state index contributed by atoms with van der Waals surface area (Å²) in [6, 6.07) is 11.9. The number of halogens is 1. The summed E-state index contributed by atoms with van der Waals surface area (Å²) >= 11 is 0. The third-order valence-corrected chi connectivity index (χ3v) is 4.97. The lowest BCUT2D eigenvalue weighted by Gasteiger charge is -2.26. The first-order valence-corrected chi connectivity index (χ1v) is 9.31. The Morgan fingerprint density at radius 2 is 1.76 bits per heavy atom. The molecule has 0 aliphatic carbocycles. The molecule has 1 heterocycles. The van der Waals surface area contributed by atoms with Crippen molar-refractivity contribution in [2.45, 2.75) is 5.75 Å². The van der Waals surface area contributed by atoms with Crippen molar-refractivity contribution in [3.63, 3.8) is 0 Å². The van der Waals surface area contributed by atoms with Crippen molar-refractivity contribution in [1.82, 2.24) is 0 Å². The zero-order chi connectivity index (χ0) is 17.9. The van der Waals surface area contributed by atoms with E-state index in [0.717, 1.165) is 0 Å². The lowest BCUT2D eigenvalue weighted by atomic mass is 10.2. The Morgan fingerprint density at radius 1 is 1.08 bits per heavy atom. The van der Waals surface area contributed by atoms with Gasteiger partial charge in [-0.3, -0.25) is 9.52 Å². The van der Waals surface area contributed by atoms with Crippen LogP contribution < -0.4 is 9.62 Å². The number of nitrogens with one attached hydrogen (secondary N) is 1. The minimum atomic E-state index is -3.62. The van der Waals surface area contributed by atoms with Gasteiger partial charge in [-0.1, -0.05) is 12.1 Å². The predicted octanol–water partition coefficient (Wildman–Crippen LogP) is 2.13. The molecule has 0 radical (unpaired) electrons. The molecular formula is C17H17FN2O4S. The van der Waals surface area contributed by atoms with Gasteiger partial charge in [0.1, 0.15) is 12.4 Å². The van der Waals surface area contributed by atoms with Crippen molar-refractivity contribution in [2.24, 2.45) is 0 Å². The zero-order valence-corrected chi connectivity index (χ0v) is 14.1. The third-order valence-electron chi connectivity index (χ3n) is 3.71. The van der Waals surface area contributed by atoms with E-state index in [-0.39, 0.29) is 18.3 Å². The molecule has 0 unspecified atom stereocenters. The smallest absolute Gasteiger partial charge is 0.253 e. The van der Waals surface area contributed by atoms with Crippen LogP contribution in [0.15, 0.2) is 48.5 Å². The molecule has 0 spiro atoms. The quantitative estimate of drug-likeness (QED) is 0.882. The van der Waals surface area contributed by atoms with Crippen molar-refractivity contribution in [3.8, 4) is 0 Å². The zero-order valence-electron chi connectivity index (χ0n) is 13.3. The molecular weight excluding hydrogens is 347 g/mol. The van der Waals surface area contributed by atoms with Crippen molar-refractivity contribution in [1.29, 1.82) is 0 Å². The first-order chi connectivity index (χ1) is 11.9. The number of rotatable bonds is 5. The van der Waals surface area contributed by atoms with Crippen LogP contribution in [-0.2, 0) is 25.3 Å². The maximum atomic E-state index is 12.9. The van der Waals surface area contributed by atoms with Gasteiger partial charge in [0.2, 0.25) is 10.0 Å². The molecule has 6 nitrogen and oxygen atoms in total. The Balaban J connectivity index is 1.67. The van der Waals surface area contributed by atoms with Crippen LogP contribution in [0.4, 0.5) is 15.8 Å². The molecule has 8 heteroatoms. The molecule has 1 amide bonds. The molecule has 0 bridgehead atoms. The summed E-state index contributed by atoms with van der Waals surface area (Å²) in [6.07, 6.45) is 0. The van der Waals surface area contributed by atoms with E-state index >= 15 is 0 Å². The number of carbonyl (C=O) groups is 1. The number of hydrogen-bond acceptors (Lipinski definition) is 4. The number of ether oxygens (including phenoxy) is 1. The van der Waals surface area contributed by atoms with E-state index in [4.69, 9.17) is 4.74 Å². The van der Waals surface area contributed by atoms with Crippen LogP contribution in [0.25, 0.3) is 0 Å². The molecule has 0 saturated carbocycles. The predicted molar refractivity (Wildman–Crippen MR) is 92.3 cm³/mol. The number of carbonyl (C=O) groups excluding carboxylic acids is 1. The van der Waals surface area contributed by atoms with Gasteiger partial charge in [-0.05, 0) is 42.0 Å². The fraction of sp³-hybridized carbons (Fsp3) is 0.235. The van der Waals surface area contributed by atoms with Crippen molar-refractivity contribution < 1.29 is 22.3 Å². The average molecular weight is 364 g/mol. The molecule has 25 heavy (non-hydrogen) atoms. The van der Waals surface area contributed by atoms with Gasteiger partial charge in [-0.2, -0.15) is 0 Å². The highest BCUT2D eigenvalue weighted by Gasteiger charge is 2.20. The topological polar surface area (TPSA) is 75.7 Å². The van der Waals surface area contributed by atoms with Crippen molar-refractivity contribution in [3.05, 3.63) is 59.9 Å². The lowest BCUT2D eigenvalue weighted by molar-refractivity contribution is -0.125. The summed E-state index contributed by atoms with van der Waals surface area (Å²) < 4.78 is 44.9. The van der Waals surface area contributed by atoms with E-state index in [0.29, 0.717) is 30.1 Å². The summed E-state index contributed by atoms with van der Waals surface area (Å²) in [5.74, 6) is -0.796. The Morgan fingerprint density at radius 3 is 2.40 bits per heavy atom. The molecule has 1 saturated heterocycles. The molecule has 1 fully saturated rings. The third kappa shape index (κ3) is 4.55. The highest BCUT2D eigenvalue weighted by Crippen LogP contribution is 2.21. The van der Waals surface area contributed by atoms with Crippen LogP contribution in [-0.4, -0.2) is 34.1 Å². The minimum Gasteiger partial charge on any atom is -0.370 e. The number of morpholine rings is 1. The second kappa shape index (κ2) is 7.20. The Hall–Kier alpha value is -2.45. The summed E-state index contributed by atoms with van der Waals surface area (Å²) in [5.41, 5.74) is 1.57. The van der Waals surface area contributed by atoms with E-state index in [2.05, 4.69) is 4.72 Å². The van der Waals surface area contributed by atoms with Crippen LogP contribution in [0.2, 0.25) is 0 Å². The second-order valence-corrected chi connectivity index (χ2v) is 7.35. The maximum absolute atomic E-state index is 12.9. The van der Waals surface area contributed by atoms with Gasteiger partial charge in [0.05, 0.1) is 12.4 Å². The molecule has 132 valence electrons. The molecule has 2 aromatic rings. The van der Waals surface area contributed by atoms with Gasteiger partial charge >= 0.3 is 0 Å². The first kappa shape index (κ1) is 17.4. The normalized spacial score (nSPS) is 15.2. The standard InChI is InChI=1S/C17H17FN2O4S/c18-14-3-1-13(2-4-14)12-25(22,23)19-15-5-7-16(8-6-15)20-9-10-24-11-17(20)21/h1-8,19H,9-12H2. The number of benzene rings is 2. The molecule has 0 aromatic heterocycles. The van der Waals surface area contributed by atoms with E-state index in [1.165, 1.54) is 24.3 Å². The van der Waals surface area contributed by atoms with Crippen LogP contribution >= 0.6 is 0 Å². The fourth-order valence-corrected chi connectivity index (χ4v) is 3.71. The Labute approximate surface area is 145 Å². The first-order valence-electron chi connectivity index (χ1n) is 7.66. The van der Waals surface area contributed by atoms with E-state index < -0.39 is 15.8 Å². The molecule has 3 rings (SSSR count). The van der Waals surface area contributed by atoms with Crippen LogP contribution in [0, 0.1) is 5.82 Å². The fourth-order valence-electron chi connectivity index (χ4n) is 2.52. The Bertz CT molecular complexity index is 851. The second-order valence-electron chi connectivity index (χ2n) is 5.63. The highest BCUT2D eigenvalue weighted by atomic mass is 32.2. The number of hydrogen-bond donors (Lipinski definition) is 1. The van der Waals surface area contributed by atoms with Gasteiger partial charge in [0.15, 0.2) is 0 Å². The maximum Gasteiger partial charge on any atom is 0.253 e. The van der Waals surface area contributed by atoms with Crippen LogP contribution in [0.5, 0.6) is 0 Å². The molecule has 2 aromatic carbocycles. The van der Waals surface area contributed by atoms with Crippen molar-refractivity contribution >= 4 is 27.3 Å². The van der Waals surface area contributed by atoms with Gasteiger partial charge in [-0.15, -0.1) is 0 Å². The summed E-state index contributed by atoms with van der Waals surface area (Å²) in [4.78, 5) is 13.4. The molecule has 0 atom stereocenters. The van der Waals surface area contributed by atoms with Crippen LogP contribution in [0.1, 0.15) is 5.56 Å².